The third-order valence-corrected chi connectivity index (χ3v) is 3.76. The van der Waals surface area contributed by atoms with E-state index in [0.717, 1.165) is 17.8 Å². The van der Waals surface area contributed by atoms with Crippen molar-refractivity contribution in [3.05, 3.63) is 59.2 Å². The summed E-state index contributed by atoms with van der Waals surface area (Å²) in [7, 11) is 0. The van der Waals surface area contributed by atoms with Gasteiger partial charge in [0, 0.05) is 12.1 Å². The molecule has 1 heterocycles. The second-order valence-electron chi connectivity index (χ2n) is 5.33. The Morgan fingerprint density at radius 1 is 1.15 bits per heavy atom. The van der Waals surface area contributed by atoms with Gasteiger partial charge in [0.05, 0.1) is 11.8 Å². The van der Waals surface area contributed by atoms with E-state index in [2.05, 4.69) is 15.8 Å². The Balaban J connectivity index is 1.54. The predicted molar refractivity (Wildman–Crippen MR) is 94.2 cm³/mol. The van der Waals surface area contributed by atoms with Crippen LogP contribution in [0.3, 0.4) is 0 Å². The number of rotatable bonds is 4. The first-order chi connectivity index (χ1) is 12.4. The molecule has 0 atom stereocenters. The lowest BCUT2D eigenvalue weighted by molar-refractivity contribution is -0.137. The highest BCUT2D eigenvalue weighted by atomic mass is 32.1. The van der Waals surface area contributed by atoms with E-state index in [1.54, 1.807) is 6.07 Å². The Bertz CT molecular complexity index is 840. The molecule has 0 saturated heterocycles. The van der Waals surface area contributed by atoms with Crippen LogP contribution in [0.2, 0.25) is 0 Å². The minimum absolute atomic E-state index is 0.0499. The molecule has 3 rings (SSSR count). The number of hydrogen-bond acceptors (Lipinski definition) is 4. The van der Waals surface area contributed by atoms with Crippen molar-refractivity contribution in [1.29, 1.82) is 0 Å². The quantitative estimate of drug-likeness (QED) is 0.483. The molecule has 0 fully saturated rings. The van der Waals surface area contributed by atoms with Crippen molar-refractivity contribution in [2.24, 2.45) is 5.10 Å². The van der Waals surface area contributed by atoms with E-state index in [4.69, 9.17) is 21.7 Å². The van der Waals surface area contributed by atoms with E-state index >= 15 is 0 Å². The summed E-state index contributed by atoms with van der Waals surface area (Å²) in [6.45, 7) is 0.595. The van der Waals surface area contributed by atoms with Crippen LogP contribution < -0.4 is 20.2 Å². The lowest BCUT2D eigenvalue weighted by Gasteiger charge is -2.10. The Kier molecular flexibility index (Phi) is 5.27. The van der Waals surface area contributed by atoms with Crippen molar-refractivity contribution < 1.29 is 22.6 Å². The minimum Gasteiger partial charge on any atom is -0.454 e. The molecular weight excluding hydrogens is 367 g/mol. The van der Waals surface area contributed by atoms with E-state index in [0.29, 0.717) is 18.0 Å². The highest BCUT2D eigenvalue weighted by Crippen LogP contribution is 2.32. The summed E-state index contributed by atoms with van der Waals surface area (Å²) in [5, 5.41) is 6.86. The van der Waals surface area contributed by atoms with Crippen molar-refractivity contribution in [2.75, 3.05) is 6.79 Å². The molecule has 0 aromatic heterocycles. The monoisotopic (exact) mass is 381 g/mol. The van der Waals surface area contributed by atoms with Gasteiger partial charge in [0.25, 0.3) is 0 Å². The number of hydrogen-bond donors (Lipinski definition) is 2. The number of fused-ring (bicyclic) bond motifs is 1. The van der Waals surface area contributed by atoms with Gasteiger partial charge >= 0.3 is 6.18 Å². The molecule has 5 nitrogen and oxygen atoms in total. The van der Waals surface area contributed by atoms with Gasteiger partial charge < -0.3 is 14.8 Å². The van der Waals surface area contributed by atoms with Crippen LogP contribution in [0.4, 0.5) is 13.2 Å². The summed E-state index contributed by atoms with van der Waals surface area (Å²) in [5.74, 6) is 1.34. The largest absolute Gasteiger partial charge is 0.454 e. The molecule has 0 saturated carbocycles. The minimum atomic E-state index is -4.44. The summed E-state index contributed by atoms with van der Waals surface area (Å²) in [6.07, 6.45) is -3.36. The molecule has 1 aliphatic rings. The van der Waals surface area contributed by atoms with E-state index in [-0.39, 0.29) is 17.5 Å². The van der Waals surface area contributed by atoms with Crippen molar-refractivity contribution >= 4 is 23.5 Å². The maximum atomic E-state index is 12.9. The molecule has 0 unspecified atom stereocenters. The number of ether oxygens (including phenoxy) is 2. The molecule has 0 aliphatic carbocycles. The van der Waals surface area contributed by atoms with E-state index in [1.165, 1.54) is 18.2 Å². The van der Waals surface area contributed by atoms with Gasteiger partial charge in [-0.2, -0.15) is 18.3 Å². The third kappa shape index (κ3) is 4.42. The summed E-state index contributed by atoms with van der Waals surface area (Å²) < 4.78 is 49.2. The maximum Gasteiger partial charge on any atom is 0.417 e. The molecule has 0 amide bonds. The zero-order valence-corrected chi connectivity index (χ0v) is 14.2. The topological polar surface area (TPSA) is 54.9 Å². The second-order valence-corrected chi connectivity index (χ2v) is 5.73. The number of benzene rings is 2. The van der Waals surface area contributed by atoms with Gasteiger partial charge in [0.1, 0.15) is 0 Å². The number of nitrogens with zero attached hydrogens (tertiary/aromatic N) is 1. The number of thiocarbonyl (C=S) groups is 1. The maximum absolute atomic E-state index is 12.9. The fourth-order valence-electron chi connectivity index (χ4n) is 2.30. The molecular formula is C17H14F3N3O2S. The first-order valence-electron chi connectivity index (χ1n) is 7.55. The molecule has 9 heteroatoms. The van der Waals surface area contributed by atoms with E-state index < -0.39 is 11.7 Å². The first-order valence-corrected chi connectivity index (χ1v) is 7.96. The average molecular weight is 381 g/mol. The van der Waals surface area contributed by atoms with Gasteiger partial charge in [-0.1, -0.05) is 24.3 Å². The summed E-state index contributed by atoms with van der Waals surface area (Å²) >= 11 is 5.06. The van der Waals surface area contributed by atoms with Crippen LogP contribution in [0.25, 0.3) is 0 Å². The fourth-order valence-corrected chi connectivity index (χ4v) is 2.43. The molecule has 2 N–H and O–H groups in total. The van der Waals surface area contributed by atoms with Crippen LogP contribution in [-0.2, 0) is 12.7 Å². The molecule has 1 aliphatic heterocycles. The Morgan fingerprint density at radius 2 is 1.92 bits per heavy atom. The standard InChI is InChI=1S/C17H14F3N3O2S/c18-17(19,20)13-4-2-1-3-12(13)9-22-23-16(26)21-8-11-5-6-14-15(7-11)25-10-24-14/h1-7,9H,8,10H2,(H2,21,23,26)/b22-9-. The highest BCUT2D eigenvalue weighted by molar-refractivity contribution is 7.80. The van der Waals surface area contributed by atoms with Gasteiger partial charge in [-0.3, -0.25) is 5.43 Å². The van der Waals surface area contributed by atoms with Crippen molar-refractivity contribution in [1.82, 2.24) is 10.7 Å². The van der Waals surface area contributed by atoms with Gasteiger partial charge in [0.15, 0.2) is 16.6 Å². The Hall–Kier alpha value is -2.81. The second kappa shape index (κ2) is 7.61. The average Bonchev–Trinajstić information content (AvgIpc) is 3.07. The van der Waals surface area contributed by atoms with Gasteiger partial charge in [-0.15, -0.1) is 0 Å². The zero-order chi connectivity index (χ0) is 18.6. The molecule has 2 aromatic rings. The van der Waals surface area contributed by atoms with Crippen molar-refractivity contribution in [2.45, 2.75) is 12.7 Å². The Labute approximate surface area is 152 Å². The van der Waals surface area contributed by atoms with Gasteiger partial charge in [0.2, 0.25) is 6.79 Å². The van der Waals surface area contributed by atoms with Crippen LogP contribution >= 0.6 is 12.2 Å². The number of halogens is 3. The number of alkyl halides is 3. The zero-order valence-electron chi connectivity index (χ0n) is 13.3. The van der Waals surface area contributed by atoms with Crippen LogP contribution in [0.15, 0.2) is 47.6 Å². The summed E-state index contributed by atoms with van der Waals surface area (Å²) in [6, 6.07) is 10.6. The predicted octanol–water partition coefficient (Wildman–Crippen LogP) is 3.43. The van der Waals surface area contributed by atoms with Gasteiger partial charge in [-0.05, 0) is 36.0 Å². The number of hydrazone groups is 1. The normalized spacial score (nSPS) is 13.0. The third-order valence-electron chi connectivity index (χ3n) is 3.53. The molecule has 136 valence electrons. The molecule has 2 aromatic carbocycles. The SMILES string of the molecule is FC(F)(F)c1ccccc1/C=N\NC(=S)NCc1ccc2c(c1)OCO2. The fraction of sp³-hybridized carbons (Fsp3) is 0.176. The highest BCUT2D eigenvalue weighted by Gasteiger charge is 2.32. The lowest BCUT2D eigenvalue weighted by Crippen LogP contribution is -2.31. The van der Waals surface area contributed by atoms with Crippen molar-refractivity contribution in [3.63, 3.8) is 0 Å². The lowest BCUT2D eigenvalue weighted by atomic mass is 10.1. The van der Waals surface area contributed by atoms with E-state index in [1.807, 2.05) is 12.1 Å². The number of nitrogens with one attached hydrogen (secondary N) is 2. The molecule has 26 heavy (non-hydrogen) atoms. The van der Waals surface area contributed by atoms with Crippen molar-refractivity contribution in [3.8, 4) is 11.5 Å². The Morgan fingerprint density at radius 3 is 2.73 bits per heavy atom. The smallest absolute Gasteiger partial charge is 0.417 e. The summed E-state index contributed by atoms with van der Waals surface area (Å²) in [5.41, 5.74) is 2.60. The van der Waals surface area contributed by atoms with Crippen LogP contribution in [0.5, 0.6) is 11.5 Å². The van der Waals surface area contributed by atoms with Crippen LogP contribution in [-0.4, -0.2) is 18.1 Å². The van der Waals surface area contributed by atoms with E-state index in [9.17, 15) is 13.2 Å². The van der Waals surface area contributed by atoms with Gasteiger partial charge in [-0.25, -0.2) is 0 Å². The molecule has 0 bridgehead atoms. The summed E-state index contributed by atoms with van der Waals surface area (Å²) in [4.78, 5) is 0. The first kappa shape index (κ1) is 18.0. The van der Waals surface area contributed by atoms with Crippen LogP contribution in [0.1, 0.15) is 16.7 Å². The molecule has 0 radical (unpaired) electrons. The van der Waals surface area contributed by atoms with Crippen LogP contribution in [0, 0.1) is 0 Å². The molecule has 0 spiro atoms.